The number of carbonyl (C=O) groups excluding carboxylic acids is 2. The van der Waals surface area contributed by atoms with Crippen molar-refractivity contribution in [1.82, 2.24) is 10.6 Å². The number of rotatable bonds is 6. The van der Waals surface area contributed by atoms with Crippen LogP contribution < -0.4 is 10.6 Å². The van der Waals surface area contributed by atoms with Gasteiger partial charge in [-0.05, 0) is 67.3 Å². The maximum Gasteiger partial charge on any atom is 0.224 e. The topological polar surface area (TPSA) is 78.4 Å². The minimum Gasteiger partial charge on any atom is -0.392 e. The van der Waals surface area contributed by atoms with Gasteiger partial charge in [-0.3, -0.25) is 9.59 Å². The van der Waals surface area contributed by atoms with Crippen molar-refractivity contribution in [3.8, 4) is 0 Å². The molecule has 0 saturated heterocycles. The zero-order valence-electron chi connectivity index (χ0n) is 19.1. The molecule has 5 nitrogen and oxygen atoms in total. The highest BCUT2D eigenvalue weighted by molar-refractivity contribution is 5.79. The van der Waals surface area contributed by atoms with Gasteiger partial charge in [0, 0.05) is 18.0 Å². The average Bonchev–Trinajstić information content (AvgIpc) is 3.54. The van der Waals surface area contributed by atoms with Crippen molar-refractivity contribution in [2.45, 2.75) is 83.9 Å². The van der Waals surface area contributed by atoms with Crippen LogP contribution in [0.4, 0.5) is 0 Å². The zero-order valence-corrected chi connectivity index (χ0v) is 19.1. The van der Waals surface area contributed by atoms with Crippen LogP contribution in [0.5, 0.6) is 0 Å². The Hall–Kier alpha value is -1.88. The van der Waals surface area contributed by atoms with Crippen molar-refractivity contribution in [2.24, 2.45) is 29.1 Å². The lowest BCUT2D eigenvalue weighted by molar-refractivity contribution is -0.143. The number of hydrogen-bond donors (Lipinski definition) is 3. The molecule has 0 spiro atoms. The van der Waals surface area contributed by atoms with Gasteiger partial charge in [0.25, 0.3) is 0 Å². The van der Waals surface area contributed by atoms with Crippen molar-refractivity contribution in [2.75, 3.05) is 0 Å². The molecule has 0 heterocycles. The van der Waals surface area contributed by atoms with Crippen LogP contribution in [0.15, 0.2) is 30.3 Å². The minimum absolute atomic E-state index is 0.0157. The number of hydrogen-bond acceptors (Lipinski definition) is 3. The van der Waals surface area contributed by atoms with E-state index in [1.807, 2.05) is 37.3 Å². The third-order valence-electron chi connectivity index (χ3n) is 8.42. The van der Waals surface area contributed by atoms with E-state index in [1.165, 1.54) is 0 Å². The monoisotopic (exact) mass is 426 g/mol. The van der Waals surface area contributed by atoms with Crippen molar-refractivity contribution in [3.05, 3.63) is 35.9 Å². The molecule has 3 aliphatic carbocycles. The second-order valence-electron chi connectivity index (χ2n) is 10.7. The Morgan fingerprint density at radius 1 is 1.10 bits per heavy atom. The summed E-state index contributed by atoms with van der Waals surface area (Å²) in [5, 5.41) is 17.8. The van der Waals surface area contributed by atoms with Crippen LogP contribution in [-0.2, 0) is 16.0 Å². The number of aliphatic hydroxyl groups is 1. The van der Waals surface area contributed by atoms with E-state index in [2.05, 4.69) is 24.5 Å². The first-order valence-corrected chi connectivity index (χ1v) is 12.1. The van der Waals surface area contributed by atoms with E-state index in [9.17, 15) is 14.7 Å². The summed E-state index contributed by atoms with van der Waals surface area (Å²) in [6, 6.07) is 10.2. The number of fused-ring (bicyclic) bond motifs is 1. The second kappa shape index (κ2) is 8.93. The summed E-state index contributed by atoms with van der Waals surface area (Å²) in [5.74, 6) is 0.212. The molecule has 0 unspecified atom stereocenters. The predicted octanol–water partition coefficient (Wildman–Crippen LogP) is 3.45. The summed E-state index contributed by atoms with van der Waals surface area (Å²) >= 11 is 0. The lowest BCUT2D eigenvalue weighted by Crippen LogP contribution is -2.58. The molecule has 3 fully saturated rings. The van der Waals surface area contributed by atoms with E-state index in [0.717, 1.165) is 44.1 Å². The van der Waals surface area contributed by atoms with Crippen LogP contribution in [0.2, 0.25) is 0 Å². The van der Waals surface area contributed by atoms with Crippen molar-refractivity contribution < 1.29 is 14.7 Å². The molecular formula is C26H38N2O3. The molecule has 31 heavy (non-hydrogen) atoms. The van der Waals surface area contributed by atoms with Crippen molar-refractivity contribution >= 4 is 11.8 Å². The van der Waals surface area contributed by atoms with Gasteiger partial charge in [-0.1, -0.05) is 51.1 Å². The van der Waals surface area contributed by atoms with Crippen molar-refractivity contribution in [1.29, 1.82) is 0 Å². The Morgan fingerprint density at radius 3 is 2.45 bits per heavy atom. The summed E-state index contributed by atoms with van der Waals surface area (Å²) in [6.07, 6.45) is 5.91. The Labute approximate surface area is 186 Å². The molecule has 0 aliphatic heterocycles. The summed E-state index contributed by atoms with van der Waals surface area (Å²) in [7, 11) is 0. The van der Waals surface area contributed by atoms with Crippen LogP contribution in [0.1, 0.15) is 64.9 Å². The van der Waals surface area contributed by atoms with Gasteiger partial charge in [0.05, 0.1) is 12.5 Å². The largest absolute Gasteiger partial charge is 0.392 e. The van der Waals surface area contributed by atoms with Crippen molar-refractivity contribution in [3.63, 3.8) is 0 Å². The molecule has 2 amide bonds. The number of carbonyl (C=O) groups is 2. The first-order valence-electron chi connectivity index (χ1n) is 12.1. The Balaban J connectivity index is 1.42. The fourth-order valence-corrected chi connectivity index (χ4v) is 6.29. The average molecular weight is 427 g/mol. The van der Waals surface area contributed by atoms with Gasteiger partial charge >= 0.3 is 0 Å². The molecule has 1 aromatic rings. The maximum absolute atomic E-state index is 12.7. The van der Waals surface area contributed by atoms with E-state index in [4.69, 9.17) is 0 Å². The Kier molecular flexibility index (Phi) is 6.43. The highest BCUT2D eigenvalue weighted by Gasteiger charge is 2.54. The maximum atomic E-state index is 12.7. The van der Waals surface area contributed by atoms with E-state index < -0.39 is 6.10 Å². The molecule has 1 aromatic carbocycles. The van der Waals surface area contributed by atoms with Gasteiger partial charge in [0.2, 0.25) is 11.8 Å². The molecule has 3 N–H and O–H groups in total. The highest BCUT2D eigenvalue weighted by Crippen LogP contribution is 2.55. The lowest BCUT2D eigenvalue weighted by Gasteiger charge is -2.56. The zero-order chi connectivity index (χ0) is 22.2. The second-order valence-corrected chi connectivity index (χ2v) is 10.7. The molecule has 0 bridgehead atoms. The van der Waals surface area contributed by atoms with Crippen LogP contribution in [0, 0.1) is 29.1 Å². The fraction of sp³-hybridized carbons (Fsp3) is 0.692. The van der Waals surface area contributed by atoms with Crippen LogP contribution >= 0.6 is 0 Å². The van der Waals surface area contributed by atoms with E-state index in [1.54, 1.807) is 0 Å². The van der Waals surface area contributed by atoms with Gasteiger partial charge in [0.15, 0.2) is 0 Å². The number of benzene rings is 1. The summed E-state index contributed by atoms with van der Waals surface area (Å²) in [4.78, 5) is 25.4. The molecule has 7 atom stereocenters. The van der Waals surface area contributed by atoms with Crippen LogP contribution in [0.3, 0.4) is 0 Å². The van der Waals surface area contributed by atoms with Gasteiger partial charge < -0.3 is 15.7 Å². The highest BCUT2D eigenvalue weighted by atomic mass is 16.3. The quantitative estimate of drug-likeness (QED) is 0.652. The summed E-state index contributed by atoms with van der Waals surface area (Å²) in [6.45, 7) is 6.45. The number of amides is 2. The smallest absolute Gasteiger partial charge is 0.224 e. The molecule has 0 aromatic heterocycles. The standard InChI is InChI=1S/C26H38N2O3/c1-16(25(31)27-19-9-10-19)20-11-13-26(3)14-12-21(17(2)23(26)24(20)30)28-22(29)15-18-7-5-4-6-8-18/h4-8,16-17,19-21,23-24,30H,9-15H2,1-3H3,(H,27,31)(H,28,29)/t16-,17+,20+,21-,23+,24-,26-/m0/s1. The summed E-state index contributed by atoms with van der Waals surface area (Å²) in [5.41, 5.74) is 1.09. The van der Waals surface area contributed by atoms with Gasteiger partial charge in [0.1, 0.15) is 0 Å². The van der Waals surface area contributed by atoms with Crippen LogP contribution in [-0.4, -0.2) is 35.1 Å². The Morgan fingerprint density at radius 2 is 1.77 bits per heavy atom. The first-order chi connectivity index (χ1) is 14.8. The van der Waals surface area contributed by atoms with Gasteiger partial charge in [-0.2, -0.15) is 0 Å². The van der Waals surface area contributed by atoms with Gasteiger partial charge in [-0.25, -0.2) is 0 Å². The molecule has 5 heteroatoms. The third-order valence-corrected chi connectivity index (χ3v) is 8.42. The molecule has 0 radical (unpaired) electrons. The van der Waals surface area contributed by atoms with Gasteiger partial charge in [-0.15, -0.1) is 0 Å². The number of nitrogens with one attached hydrogen (secondary N) is 2. The molecule has 3 saturated carbocycles. The molecule has 170 valence electrons. The summed E-state index contributed by atoms with van der Waals surface area (Å²) < 4.78 is 0. The molecule has 4 rings (SSSR count). The number of aliphatic hydroxyl groups excluding tert-OH is 1. The molecular weight excluding hydrogens is 388 g/mol. The van der Waals surface area contributed by atoms with E-state index in [0.29, 0.717) is 12.5 Å². The lowest BCUT2D eigenvalue weighted by atomic mass is 9.51. The minimum atomic E-state index is -0.512. The Bertz CT molecular complexity index is 793. The fourth-order valence-electron chi connectivity index (χ4n) is 6.29. The SMILES string of the molecule is C[C@H]1[C@@H]2[C@@H](O)[C@@H]([C@H](C)C(=O)NC3CC3)CC[C@@]2(C)CC[C@@H]1NC(=O)Cc1ccccc1. The first kappa shape index (κ1) is 22.3. The predicted molar refractivity (Wildman–Crippen MR) is 121 cm³/mol. The normalized spacial score (nSPS) is 36.2. The third kappa shape index (κ3) is 4.82. The van der Waals surface area contributed by atoms with E-state index >= 15 is 0 Å². The molecule has 3 aliphatic rings. The van der Waals surface area contributed by atoms with E-state index in [-0.39, 0.29) is 46.9 Å². The van der Waals surface area contributed by atoms with Crippen LogP contribution in [0.25, 0.3) is 0 Å².